The molecule has 0 radical (unpaired) electrons. The van der Waals surface area contributed by atoms with Crippen LogP contribution in [0.15, 0.2) is 18.2 Å². The second kappa shape index (κ2) is 5.93. The van der Waals surface area contributed by atoms with Gasteiger partial charge in [0.15, 0.2) is 6.10 Å². The minimum absolute atomic E-state index is 0.100. The number of rotatable bonds is 3. The van der Waals surface area contributed by atoms with Crippen LogP contribution in [0.4, 0.5) is 11.4 Å². The van der Waals surface area contributed by atoms with E-state index in [-0.39, 0.29) is 5.91 Å². The van der Waals surface area contributed by atoms with Crippen LogP contribution in [0.25, 0.3) is 0 Å². The number of carbonyl (C=O) groups is 1. The van der Waals surface area contributed by atoms with Gasteiger partial charge in [-0.25, -0.2) is 0 Å². The van der Waals surface area contributed by atoms with Gasteiger partial charge in [0, 0.05) is 18.3 Å². The van der Waals surface area contributed by atoms with Gasteiger partial charge in [-0.05, 0) is 44.4 Å². The van der Waals surface area contributed by atoms with Gasteiger partial charge in [-0.15, -0.1) is 0 Å². The molecule has 1 aromatic rings. The average molecular weight is 290 g/mol. The molecule has 0 saturated carbocycles. The Bertz CT molecular complexity index is 532. The van der Waals surface area contributed by atoms with Crippen molar-refractivity contribution in [2.24, 2.45) is 0 Å². The Hall–Kier alpha value is -1.75. The summed E-state index contributed by atoms with van der Waals surface area (Å²) in [5, 5.41) is 6.41. The zero-order chi connectivity index (χ0) is 14.8. The summed E-state index contributed by atoms with van der Waals surface area (Å²) in [6.07, 6.45) is 2.99. The molecule has 21 heavy (non-hydrogen) atoms. The van der Waals surface area contributed by atoms with E-state index < -0.39 is 6.10 Å². The first-order valence-corrected chi connectivity index (χ1v) is 7.65. The molecule has 3 unspecified atom stereocenters. The zero-order valence-electron chi connectivity index (χ0n) is 12.5. The summed E-state index contributed by atoms with van der Waals surface area (Å²) in [5.41, 5.74) is 1.75. The number of benzene rings is 1. The lowest BCUT2D eigenvalue weighted by Gasteiger charge is -2.31. The van der Waals surface area contributed by atoms with Crippen LogP contribution in [0.3, 0.4) is 0 Å². The first kappa shape index (κ1) is 14.2. The maximum absolute atomic E-state index is 11.7. The molecule has 1 saturated heterocycles. The second-order valence-electron chi connectivity index (χ2n) is 5.73. The fourth-order valence-corrected chi connectivity index (χ4v) is 2.83. The van der Waals surface area contributed by atoms with Crippen LogP contribution in [-0.2, 0) is 9.53 Å². The molecule has 114 valence electrons. The van der Waals surface area contributed by atoms with E-state index in [2.05, 4.69) is 17.6 Å². The van der Waals surface area contributed by atoms with Crippen LogP contribution in [0.1, 0.15) is 33.1 Å². The fraction of sp³-hybridized carbons (Fsp3) is 0.562. The lowest BCUT2D eigenvalue weighted by Crippen LogP contribution is -2.35. The first-order valence-electron chi connectivity index (χ1n) is 7.65. The van der Waals surface area contributed by atoms with E-state index >= 15 is 0 Å². The monoisotopic (exact) mass is 290 g/mol. The topological polar surface area (TPSA) is 59.6 Å². The van der Waals surface area contributed by atoms with Gasteiger partial charge in [0.05, 0.1) is 11.8 Å². The summed E-state index contributed by atoms with van der Waals surface area (Å²) in [5.74, 6) is 0.628. The molecule has 2 aliphatic rings. The molecule has 1 aromatic carbocycles. The van der Waals surface area contributed by atoms with Crippen molar-refractivity contribution in [3.05, 3.63) is 18.2 Å². The Kier molecular flexibility index (Phi) is 4.01. The van der Waals surface area contributed by atoms with Gasteiger partial charge in [-0.2, -0.15) is 0 Å². The van der Waals surface area contributed by atoms with Crippen molar-refractivity contribution in [2.75, 3.05) is 17.2 Å². The first-order chi connectivity index (χ1) is 10.2. The third-order valence-corrected chi connectivity index (χ3v) is 4.10. The largest absolute Gasteiger partial charge is 0.479 e. The van der Waals surface area contributed by atoms with Crippen molar-refractivity contribution in [3.8, 4) is 5.75 Å². The Balaban J connectivity index is 1.69. The Labute approximate surface area is 125 Å². The predicted octanol–water partition coefficient (Wildman–Crippen LogP) is 2.78. The Morgan fingerprint density at radius 1 is 1.43 bits per heavy atom. The normalized spacial score (nSPS) is 28.3. The molecule has 2 aliphatic heterocycles. The summed E-state index contributed by atoms with van der Waals surface area (Å²) in [6, 6.07) is 6.26. The van der Waals surface area contributed by atoms with E-state index in [0.29, 0.717) is 12.1 Å². The molecular formula is C16H22N2O3. The molecule has 3 atom stereocenters. The number of hydrogen-bond acceptors (Lipinski definition) is 4. The van der Waals surface area contributed by atoms with Gasteiger partial charge < -0.3 is 20.1 Å². The second-order valence-corrected chi connectivity index (χ2v) is 5.73. The van der Waals surface area contributed by atoms with Crippen LogP contribution in [-0.4, -0.2) is 30.8 Å². The molecule has 1 amide bonds. The van der Waals surface area contributed by atoms with Crippen molar-refractivity contribution >= 4 is 17.3 Å². The van der Waals surface area contributed by atoms with Crippen LogP contribution in [0, 0.1) is 0 Å². The number of carbonyl (C=O) groups excluding carboxylic acids is 1. The minimum atomic E-state index is -0.433. The summed E-state index contributed by atoms with van der Waals surface area (Å²) in [6.45, 7) is 4.70. The van der Waals surface area contributed by atoms with Crippen molar-refractivity contribution < 1.29 is 14.3 Å². The van der Waals surface area contributed by atoms with Crippen molar-refractivity contribution in [1.29, 1.82) is 0 Å². The summed E-state index contributed by atoms with van der Waals surface area (Å²) in [7, 11) is 0. The Morgan fingerprint density at radius 3 is 3.10 bits per heavy atom. The van der Waals surface area contributed by atoms with Crippen LogP contribution in [0.2, 0.25) is 0 Å². The molecule has 0 bridgehead atoms. The number of nitrogens with one attached hydrogen (secondary N) is 2. The van der Waals surface area contributed by atoms with Crippen LogP contribution >= 0.6 is 0 Å². The summed E-state index contributed by atoms with van der Waals surface area (Å²) >= 11 is 0. The summed E-state index contributed by atoms with van der Waals surface area (Å²) in [4.78, 5) is 11.7. The van der Waals surface area contributed by atoms with Gasteiger partial charge in [-0.3, -0.25) is 4.79 Å². The molecule has 5 heteroatoms. The highest BCUT2D eigenvalue weighted by molar-refractivity contribution is 5.98. The SMILES string of the molecule is CCC1CC(Nc2ccc3c(c2)NC(=O)C(C)O3)CCO1. The van der Waals surface area contributed by atoms with Crippen LogP contribution < -0.4 is 15.4 Å². The van der Waals surface area contributed by atoms with Gasteiger partial charge in [0.1, 0.15) is 5.75 Å². The number of ether oxygens (including phenoxy) is 2. The third-order valence-electron chi connectivity index (χ3n) is 4.10. The van der Waals surface area contributed by atoms with Gasteiger partial charge in [0.2, 0.25) is 0 Å². The fourth-order valence-electron chi connectivity index (χ4n) is 2.83. The predicted molar refractivity (Wildman–Crippen MR) is 81.8 cm³/mol. The van der Waals surface area contributed by atoms with Crippen LogP contribution in [0.5, 0.6) is 5.75 Å². The van der Waals surface area contributed by atoms with Crippen molar-refractivity contribution in [2.45, 2.75) is 51.4 Å². The van der Waals surface area contributed by atoms with Gasteiger partial charge in [0.25, 0.3) is 5.91 Å². The van der Waals surface area contributed by atoms with E-state index in [1.807, 2.05) is 18.2 Å². The molecule has 1 fully saturated rings. The third kappa shape index (κ3) is 3.13. The number of anilines is 2. The number of amides is 1. The standard InChI is InChI=1S/C16H22N2O3/c1-3-13-8-12(6-7-20-13)17-11-4-5-15-14(9-11)18-16(19)10(2)21-15/h4-5,9-10,12-13,17H,3,6-8H2,1-2H3,(H,18,19). The van der Waals surface area contributed by atoms with Gasteiger partial charge in [-0.1, -0.05) is 6.92 Å². The average Bonchev–Trinajstić information content (AvgIpc) is 2.49. The summed E-state index contributed by atoms with van der Waals surface area (Å²) < 4.78 is 11.3. The van der Waals surface area contributed by atoms with Crippen molar-refractivity contribution in [3.63, 3.8) is 0 Å². The quantitative estimate of drug-likeness (QED) is 0.898. The van der Waals surface area contributed by atoms with E-state index in [0.717, 1.165) is 43.0 Å². The molecular weight excluding hydrogens is 268 g/mol. The maximum atomic E-state index is 11.7. The van der Waals surface area contributed by atoms with Gasteiger partial charge >= 0.3 is 0 Å². The Morgan fingerprint density at radius 2 is 2.29 bits per heavy atom. The molecule has 0 aromatic heterocycles. The highest BCUT2D eigenvalue weighted by atomic mass is 16.5. The molecule has 2 heterocycles. The number of hydrogen-bond donors (Lipinski definition) is 2. The smallest absolute Gasteiger partial charge is 0.265 e. The van der Waals surface area contributed by atoms with E-state index in [1.54, 1.807) is 6.92 Å². The molecule has 5 nitrogen and oxygen atoms in total. The molecule has 3 rings (SSSR count). The lowest BCUT2D eigenvalue weighted by atomic mass is 10.0. The maximum Gasteiger partial charge on any atom is 0.265 e. The van der Waals surface area contributed by atoms with E-state index in [1.165, 1.54) is 0 Å². The highest BCUT2D eigenvalue weighted by Crippen LogP contribution is 2.33. The van der Waals surface area contributed by atoms with E-state index in [9.17, 15) is 4.79 Å². The minimum Gasteiger partial charge on any atom is -0.479 e. The van der Waals surface area contributed by atoms with E-state index in [4.69, 9.17) is 9.47 Å². The molecule has 0 aliphatic carbocycles. The molecule has 0 spiro atoms. The lowest BCUT2D eigenvalue weighted by molar-refractivity contribution is -0.122. The highest BCUT2D eigenvalue weighted by Gasteiger charge is 2.25. The van der Waals surface area contributed by atoms with Crippen molar-refractivity contribution in [1.82, 2.24) is 0 Å². The molecule has 2 N–H and O–H groups in total. The number of fused-ring (bicyclic) bond motifs is 1. The zero-order valence-corrected chi connectivity index (χ0v) is 12.5.